The minimum Gasteiger partial charge on any atom is -0.378 e. The van der Waals surface area contributed by atoms with Gasteiger partial charge in [0.05, 0.1) is 13.0 Å². The molecule has 2 aromatic heterocycles. The molecule has 6 heteroatoms. The number of rotatable bonds is 6. The maximum atomic E-state index is 12.9. The molecule has 0 bridgehead atoms. The maximum absolute atomic E-state index is 12.9. The third-order valence-corrected chi connectivity index (χ3v) is 5.45. The minimum atomic E-state index is -1.24. The van der Waals surface area contributed by atoms with Crippen LogP contribution in [0.2, 0.25) is 0 Å². The van der Waals surface area contributed by atoms with Gasteiger partial charge in [-0.3, -0.25) is 4.79 Å². The molecular formula is C18H16FNO2S2. The Morgan fingerprint density at radius 3 is 2.58 bits per heavy atom. The summed E-state index contributed by atoms with van der Waals surface area (Å²) in [5.41, 5.74) is 0.244. The summed E-state index contributed by atoms with van der Waals surface area (Å²) >= 11 is 2.95. The highest BCUT2D eigenvalue weighted by molar-refractivity contribution is 7.10. The molecule has 3 aromatic rings. The van der Waals surface area contributed by atoms with E-state index in [0.717, 1.165) is 16.0 Å². The van der Waals surface area contributed by atoms with Gasteiger partial charge in [-0.2, -0.15) is 11.3 Å². The van der Waals surface area contributed by atoms with Crippen molar-refractivity contribution in [2.75, 3.05) is 6.54 Å². The zero-order chi connectivity index (χ0) is 17.0. The normalized spacial score (nSPS) is 13.4. The van der Waals surface area contributed by atoms with Crippen LogP contribution in [-0.4, -0.2) is 17.6 Å². The lowest BCUT2D eigenvalue weighted by atomic mass is 9.94. The van der Waals surface area contributed by atoms with E-state index in [0.29, 0.717) is 0 Å². The Kier molecular flexibility index (Phi) is 5.08. The summed E-state index contributed by atoms with van der Waals surface area (Å²) in [4.78, 5) is 13.0. The molecule has 24 heavy (non-hydrogen) atoms. The molecule has 0 saturated carbocycles. The molecule has 0 saturated heterocycles. The number of carbonyl (C=O) groups is 1. The number of aliphatic hydroxyl groups is 1. The van der Waals surface area contributed by atoms with Gasteiger partial charge in [-0.1, -0.05) is 18.2 Å². The second kappa shape index (κ2) is 7.25. The van der Waals surface area contributed by atoms with Gasteiger partial charge < -0.3 is 10.4 Å². The van der Waals surface area contributed by atoms with Crippen molar-refractivity contribution in [2.24, 2.45) is 0 Å². The molecule has 124 valence electrons. The van der Waals surface area contributed by atoms with Crippen LogP contribution in [0, 0.1) is 5.82 Å². The zero-order valence-electron chi connectivity index (χ0n) is 12.7. The monoisotopic (exact) mass is 361 g/mol. The van der Waals surface area contributed by atoms with Crippen LogP contribution < -0.4 is 5.32 Å². The third-order valence-electron chi connectivity index (χ3n) is 3.75. The standard InChI is InChI=1S/C18H16FNO2S2/c19-15-5-3-13(4-6-15)10-17(21)20-12-18(22,14-7-9-23-11-14)16-2-1-8-24-16/h1-9,11,22H,10,12H2,(H,20,21). The van der Waals surface area contributed by atoms with Gasteiger partial charge in [0.15, 0.2) is 0 Å². The van der Waals surface area contributed by atoms with Gasteiger partial charge in [-0.05, 0) is 46.0 Å². The Balaban J connectivity index is 1.70. The number of amides is 1. The summed E-state index contributed by atoms with van der Waals surface area (Å²) in [6, 6.07) is 11.4. The summed E-state index contributed by atoms with van der Waals surface area (Å²) in [6.07, 6.45) is 0.143. The van der Waals surface area contributed by atoms with Gasteiger partial charge in [0.2, 0.25) is 5.91 Å². The molecular weight excluding hydrogens is 345 g/mol. The molecule has 3 rings (SSSR count). The van der Waals surface area contributed by atoms with Crippen LogP contribution in [0.3, 0.4) is 0 Å². The molecule has 3 nitrogen and oxygen atoms in total. The van der Waals surface area contributed by atoms with Crippen LogP contribution >= 0.6 is 22.7 Å². The first-order chi connectivity index (χ1) is 11.6. The second-order valence-corrected chi connectivity index (χ2v) is 7.16. The first kappa shape index (κ1) is 16.8. The average molecular weight is 361 g/mol. The molecule has 0 aliphatic rings. The number of nitrogens with one attached hydrogen (secondary N) is 1. The summed E-state index contributed by atoms with van der Waals surface area (Å²) in [6.45, 7) is 0.0876. The summed E-state index contributed by atoms with van der Waals surface area (Å²) in [5, 5.41) is 19.6. The molecule has 2 N–H and O–H groups in total. The molecule has 0 aliphatic heterocycles. The largest absolute Gasteiger partial charge is 0.378 e. The fourth-order valence-electron chi connectivity index (χ4n) is 2.42. The van der Waals surface area contributed by atoms with Crippen molar-refractivity contribution >= 4 is 28.6 Å². The third kappa shape index (κ3) is 3.72. The first-order valence-electron chi connectivity index (χ1n) is 7.38. The number of thiophene rings is 2. The highest BCUT2D eigenvalue weighted by Crippen LogP contribution is 2.33. The second-order valence-electron chi connectivity index (χ2n) is 5.43. The van der Waals surface area contributed by atoms with Gasteiger partial charge in [0, 0.05) is 10.4 Å². The van der Waals surface area contributed by atoms with Crippen molar-refractivity contribution in [3.8, 4) is 0 Å². The molecule has 0 radical (unpaired) electrons. The fraction of sp³-hybridized carbons (Fsp3) is 0.167. The molecule has 1 unspecified atom stereocenters. The molecule has 1 aromatic carbocycles. The van der Waals surface area contributed by atoms with E-state index in [2.05, 4.69) is 5.32 Å². The molecule has 0 aliphatic carbocycles. The van der Waals surface area contributed by atoms with Crippen LogP contribution in [0.25, 0.3) is 0 Å². The van der Waals surface area contributed by atoms with Crippen LogP contribution in [0.1, 0.15) is 16.0 Å². The number of hydrogen-bond acceptors (Lipinski definition) is 4. The minimum absolute atomic E-state index is 0.0876. The van der Waals surface area contributed by atoms with Crippen molar-refractivity contribution in [1.29, 1.82) is 0 Å². The van der Waals surface area contributed by atoms with E-state index in [1.165, 1.54) is 34.8 Å². The Bertz CT molecular complexity index is 749. The van der Waals surface area contributed by atoms with Crippen molar-refractivity contribution in [3.63, 3.8) is 0 Å². The molecule has 0 fully saturated rings. The lowest BCUT2D eigenvalue weighted by Gasteiger charge is -2.27. The summed E-state index contributed by atoms with van der Waals surface area (Å²) in [7, 11) is 0. The van der Waals surface area contributed by atoms with E-state index in [4.69, 9.17) is 0 Å². The topological polar surface area (TPSA) is 49.3 Å². The van der Waals surface area contributed by atoms with E-state index in [9.17, 15) is 14.3 Å². The van der Waals surface area contributed by atoms with Gasteiger partial charge in [-0.15, -0.1) is 11.3 Å². The van der Waals surface area contributed by atoms with Crippen molar-refractivity contribution in [3.05, 3.63) is 80.4 Å². The number of benzene rings is 1. The number of carbonyl (C=O) groups excluding carboxylic acids is 1. The highest BCUT2D eigenvalue weighted by Gasteiger charge is 2.33. The highest BCUT2D eigenvalue weighted by atomic mass is 32.1. The van der Waals surface area contributed by atoms with Crippen molar-refractivity contribution in [2.45, 2.75) is 12.0 Å². The number of hydrogen-bond donors (Lipinski definition) is 2. The van der Waals surface area contributed by atoms with Crippen molar-refractivity contribution in [1.82, 2.24) is 5.32 Å². The molecule has 1 amide bonds. The van der Waals surface area contributed by atoms with E-state index in [-0.39, 0.29) is 24.7 Å². The zero-order valence-corrected chi connectivity index (χ0v) is 14.4. The Hall–Kier alpha value is -2.02. The SMILES string of the molecule is O=C(Cc1ccc(F)cc1)NCC(O)(c1ccsc1)c1cccs1. The van der Waals surface area contributed by atoms with E-state index in [1.807, 2.05) is 34.3 Å². The molecule has 0 spiro atoms. The quantitative estimate of drug-likeness (QED) is 0.705. The lowest BCUT2D eigenvalue weighted by molar-refractivity contribution is -0.121. The van der Waals surface area contributed by atoms with Crippen LogP contribution in [0.15, 0.2) is 58.6 Å². The van der Waals surface area contributed by atoms with Gasteiger partial charge in [0.25, 0.3) is 0 Å². The van der Waals surface area contributed by atoms with Gasteiger partial charge >= 0.3 is 0 Å². The predicted octanol–water partition coefficient (Wildman–Crippen LogP) is 3.54. The first-order valence-corrected chi connectivity index (χ1v) is 9.20. The molecule has 2 heterocycles. The van der Waals surface area contributed by atoms with Gasteiger partial charge in [-0.25, -0.2) is 4.39 Å². The number of halogens is 1. The van der Waals surface area contributed by atoms with Crippen molar-refractivity contribution < 1.29 is 14.3 Å². The summed E-state index contributed by atoms with van der Waals surface area (Å²) < 4.78 is 12.9. The van der Waals surface area contributed by atoms with Crippen LogP contribution in [0.5, 0.6) is 0 Å². The van der Waals surface area contributed by atoms with E-state index in [1.54, 1.807) is 12.1 Å². The predicted molar refractivity (Wildman–Crippen MR) is 94.8 cm³/mol. The Morgan fingerprint density at radius 1 is 1.17 bits per heavy atom. The van der Waals surface area contributed by atoms with Crippen LogP contribution in [0.4, 0.5) is 4.39 Å². The Morgan fingerprint density at radius 2 is 1.96 bits per heavy atom. The van der Waals surface area contributed by atoms with E-state index >= 15 is 0 Å². The Labute approximate surface area is 147 Å². The fourth-order valence-corrected chi connectivity index (χ4v) is 3.99. The van der Waals surface area contributed by atoms with Crippen LogP contribution in [-0.2, 0) is 16.8 Å². The lowest BCUT2D eigenvalue weighted by Crippen LogP contribution is -2.41. The summed E-state index contributed by atoms with van der Waals surface area (Å²) in [5.74, 6) is -0.546. The smallest absolute Gasteiger partial charge is 0.224 e. The molecule has 1 atom stereocenters. The average Bonchev–Trinajstić information content (AvgIpc) is 3.28. The van der Waals surface area contributed by atoms with E-state index < -0.39 is 5.60 Å². The maximum Gasteiger partial charge on any atom is 0.224 e. The van der Waals surface area contributed by atoms with Gasteiger partial charge in [0.1, 0.15) is 11.4 Å².